The average Bonchev–Trinajstić information content (AvgIpc) is 2.67. The van der Waals surface area contributed by atoms with E-state index in [9.17, 15) is 19.7 Å². The van der Waals surface area contributed by atoms with Crippen molar-refractivity contribution in [3.63, 3.8) is 0 Å². The van der Waals surface area contributed by atoms with Gasteiger partial charge in [-0.1, -0.05) is 0 Å². The maximum Gasteiger partial charge on any atom is 0.303 e. The Morgan fingerprint density at radius 3 is 2.39 bits per heavy atom. The number of methoxy groups -OCH3 is 1. The number of carbonyl (C=O) groups is 2. The van der Waals surface area contributed by atoms with Crippen molar-refractivity contribution < 1.29 is 29.1 Å². The van der Waals surface area contributed by atoms with E-state index >= 15 is 0 Å². The molecule has 0 saturated heterocycles. The number of rotatable bonds is 9. The Bertz CT molecular complexity index is 865. The molecule has 28 heavy (non-hydrogen) atoms. The van der Waals surface area contributed by atoms with Crippen LogP contribution in [0.3, 0.4) is 0 Å². The second kappa shape index (κ2) is 9.36. The van der Waals surface area contributed by atoms with Gasteiger partial charge in [0, 0.05) is 24.6 Å². The van der Waals surface area contributed by atoms with Crippen LogP contribution in [0.2, 0.25) is 0 Å². The van der Waals surface area contributed by atoms with Crippen molar-refractivity contribution in [2.45, 2.75) is 25.8 Å². The molecule has 1 atom stereocenters. The second-order valence-electron chi connectivity index (χ2n) is 6.02. The van der Waals surface area contributed by atoms with Gasteiger partial charge in [-0.15, -0.1) is 0 Å². The van der Waals surface area contributed by atoms with Gasteiger partial charge >= 0.3 is 5.97 Å². The van der Waals surface area contributed by atoms with Crippen molar-refractivity contribution in [3.8, 4) is 17.2 Å². The summed E-state index contributed by atoms with van der Waals surface area (Å²) in [6.45, 7) is 1.65. The summed E-state index contributed by atoms with van der Waals surface area (Å²) in [4.78, 5) is 33.7. The first-order valence-corrected chi connectivity index (χ1v) is 8.43. The molecule has 1 amide bonds. The molecule has 2 rings (SSSR count). The predicted octanol–water partition coefficient (Wildman–Crippen LogP) is 3.38. The van der Waals surface area contributed by atoms with E-state index < -0.39 is 22.8 Å². The number of nitro groups is 1. The standard InChI is InChI=1S/C19H20N2O7/c1-12(3-10-18(22)23)20-19(24)16-11-13(21(25)26)4-9-17(16)28-15-7-5-14(27-2)6-8-15/h4-9,11-12H,3,10H2,1-2H3,(H,20,24)(H,22,23). The third-order valence-electron chi connectivity index (χ3n) is 3.87. The number of aliphatic carboxylic acids is 1. The first kappa shape index (κ1) is 20.7. The number of ether oxygens (including phenoxy) is 2. The third kappa shape index (κ3) is 5.70. The number of benzene rings is 2. The van der Waals surface area contributed by atoms with Gasteiger partial charge in [-0.25, -0.2) is 0 Å². The minimum Gasteiger partial charge on any atom is -0.497 e. The lowest BCUT2D eigenvalue weighted by atomic mass is 10.1. The van der Waals surface area contributed by atoms with Gasteiger partial charge < -0.3 is 19.9 Å². The lowest BCUT2D eigenvalue weighted by molar-refractivity contribution is -0.384. The Hall–Kier alpha value is -3.62. The second-order valence-corrected chi connectivity index (χ2v) is 6.02. The van der Waals surface area contributed by atoms with Crippen LogP contribution in [-0.4, -0.2) is 35.1 Å². The van der Waals surface area contributed by atoms with Crippen molar-refractivity contribution in [1.82, 2.24) is 5.32 Å². The number of non-ortho nitro benzene ring substituents is 1. The van der Waals surface area contributed by atoms with Crippen LogP contribution in [0.4, 0.5) is 5.69 Å². The quantitative estimate of drug-likeness (QED) is 0.498. The highest BCUT2D eigenvalue weighted by Gasteiger charge is 2.20. The summed E-state index contributed by atoms with van der Waals surface area (Å²) < 4.78 is 10.8. The first-order valence-electron chi connectivity index (χ1n) is 8.43. The normalized spacial score (nSPS) is 11.4. The zero-order valence-electron chi connectivity index (χ0n) is 15.4. The Morgan fingerprint density at radius 2 is 1.82 bits per heavy atom. The minimum atomic E-state index is -0.972. The Labute approximate surface area is 161 Å². The van der Waals surface area contributed by atoms with Gasteiger partial charge in [-0.05, 0) is 43.7 Å². The molecular weight excluding hydrogens is 368 g/mol. The molecule has 0 heterocycles. The highest BCUT2D eigenvalue weighted by atomic mass is 16.6. The van der Waals surface area contributed by atoms with Crippen LogP contribution in [0.25, 0.3) is 0 Å². The molecule has 9 nitrogen and oxygen atoms in total. The topological polar surface area (TPSA) is 128 Å². The number of carboxylic acid groups (broad SMARTS) is 1. The molecule has 0 saturated carbocycles. The number of nitrogens with zero attached hydrogens (tertiary/aromatic N) is 1. The summed E-state index contributed by atoms with van der Waals surface area (Å²) in [5.41, 5.74) is -0.280. The van der Waals surface area contributed by atoms with E-state index in [1.54, 1.807) is 31.2 Å². The van der Waals surface area contributed by atoms with Crippen LogP contribution in [-0.2, 0) is 4.79 Å². The van der Waals surface area contributed by atoms with Gasteiger partial charge in [0.25, 0.3) is 11.6 Å². The number of nitro benzene ring substituents is 1. The summed E-state index contributed by atoms with van der Waals surface area (Å²) in [5.74, 6) is -0.382. The molecule has 2 aromatic rings. The number of hydrogen-bond acceptors (Lipinski definition) is 6. The highest BCUT2D eigenvalue weighted by Crippen LogP contribution is 2.30. The van der Waals surface area contributed by atoms with Crippen molar-refractivity contribution in [2.24, 2.45) is 0 Å². The number of carboxylic acids is 1. The summed E-state index contributed by atoms with van der Waals surface area (Å²) >= 11 is 0. The molecule has 2 aromatic carbocycles. The molecule has 0 spiro atoms. The number of hydrogen-bond donors (Lipinski definition) is 2. The van der Waals surface area contributed by atoms with Gasteiger partial charge in [-0.3, -0.25) is 19.7 Å². The van der Waals surface area contributed by atoms with E-state index in [-0.39, 0.29) is 29.8 Å². The van der Waals surface area contributed by atoms with Gasteiger partial charge in [0.05, 0.1) is 17.6 Å². The Balaban J connectivity index is 2.25. The Kier molecular flexibility index (Phi) is 6.91. The van der Waals surface area contributed by atoms with Crippen molar-refractivity contribution in [1.29, 1.82) is 0 Å². The van der Waals surface area contributed by atoms with Crippen LogP contribution in [0.1, 0.15) is 30.1 Å². The zero-order chi connectivity index (χ0) is 20.7. The highest BCUT2D eigenvalue weighted by molar-refractivity contribution is 5.97. The molecule has 0 aliphatic carbocycles. The maximum atomic E-state index is 12.6. The molecule has 2 N–H and O–H groups in total. The monoisotopic (exact) mass is 388 g/mol. The SMILES string of the molecule is COc1ccc(Oc2ccc([N+](=O)[O-])cc2C(=O)NC(C)CCC(=O)O)cc1. The summed E-state index contributed by atoms with van der Waals surface area (Å²) in [5, 5.41) is 22.4. The van der Waals surface area contributed by atoms with Crippen molar-refractivity contribution in [3.05, 3.63) is 58.1 Å². The predicted molar refractivity (Wildman–Crippen MR) is 100.0 cm³/mol. The van der Waals surface area contributed by atoms with Gasteiger partial charge in [0.1, 0.15) is 17.2 Å². The molecule has 0 aliphatic heterocycles. The smallest absolute Gasteiger partial charge is 0.303 e. The number of amides is 1. The average molecular weight is 388 g/mol. The molecule has 0 aliphatic rings. The van der Waals surface area contributed by atoms with E-state index in [0.717, 1.165) is 6.07 Å². The lowest BCUT2D eigenvalue weighted by Gasteiger charge is -2.15. The van der Waals surface area contributed by atoms with Gasteiger partial charge in [-0.2, -0.15) is 0 Å². The van der Waals surface area contributed by atoms with Crippen LogP contribution >= 0.6 is 0 Å². The molecule has 9 heteroatoms. The third-order valence-corrected chi connectivity index (χ3v) is 3.87. The van der Waals surface area contributed by atoms with E-state index in [1.807, 2.05) is 0 Å². The zero-order valence-corrected chi connectivity index (χ0v) is 15.4. The molecule has 0 fully saturated rings. The number of nitrogens with one attached hydrogen (secondary N) is 1. The van der Waals surface area contributed by atoms with Gasteiger partial charge in [0.15, 0.2) is 0 Å². The Morgan fingerprint density at radius 1 is 1.18 bits per heavy atom. The van der Waals surface area contributed by atoms with E-state index in [1.165, 1.54) is 19.2 Å². The molecular formula is C19H20N2O7. The first-order chi connectivity index (χ1) is 13.3. The molecule has 0 aromatic heterocycles. The fraction of sp³-hybridized carbons (Fsp3) is 0.263. The summed E-state index contributed by atoms with van der Waals surface area (Å²) in [6.07, 6.45) is 0.121. The maximum absolute atomic E-state index is 12.6. The van der Waals surface area contributed by atoms with Crippen LogP contribution in [0, 0.1) is 10.1 Å². The summed E-state index contributed by atoms with van der Waals surface area (Å²) in [6, 6.07) is 9.90. The lowest BCUT2D eigenvalue weighted by Crippen LogP contribution is -2.33. The fourth-order valence-corrected chi connectivity index (χ4v) is 2.38. The van der Waals surface area contributed by atoms with Crippen LogP contribution in [0.15, 0.2) is 42.5 Å². The fourth-order valence-electron chi connectivity index (χ4n) is 2.38. The van der Waals surface area contributed by atoms with E-state index in [2.05, 4.69) is 5.32 Å². The van der Waals surface area contributed by atoms with Gasteiger partial charge in [0.2, 0.25) is 0 Å². The molecule has 1 unspecified atom stereocenters. The van der Waals surface area contributed by atoms with Crippen LogP contribution in [0.5, 0.6) is 17.2 Å². The van der Waals surface area contributed by atoms with Crippen LogP contribution < -0.4 is 14.8 Å². The molecule has 0 bridgehead atoms. The van der Waals surface area contributed by atoms with Crippen molar-refractivity contribution in [2.75, 3.05) is 7.11 Å². The van der Waals surface area contributed by atoms with Crippen molar-refractivity contribution >= 4 is 17.6 Å². The summed E-state index contributed by atoms with van der Waals surface area (Å²) in [7, 11) is 1.53. The number of carbonyl (C=O) groups excluding carboxylic acids is 1. The molecule has 0 radical (unpaired) electrons. The minimum absolute atomic E-state index is 0.0211. The largest absolute Gasteiger partial charge is 0.497 e. The van der Waals surface area contributed by atoms with E-state index in [0.29, 0.717) is 11.5 Å². The molecule has 148 valence electrons. The van der Waals surface area contributed by atoms with E-state index in [4.69, 9.17) is 14.6 Å².